The molecule has 2 N–H and O–H groups in total. The molecule has 2 aliphatic heterocycles. The van der Waals surface area contributed by atoms with Gasteiger partial charge in [0.05, 0.1) is 24.0 Å². The third-order valence-electron chi connectivity index (χ3n) is 5.34. The van der Waals surface area contributed by atoms with Crippen LogP contribution >= 0.6 is 0 Å². The first-order chi connectivity index (χ1) is 13.0. The van der Waals surface area contributed by atoms with E-state index in [-0.39, 0.29) is 17.7 Å². The number of aliphatic hydroxyl groups is 1. The minimum absolute atomic E-state index is 0.112. The number of likely N-dealkylation sites (tertiary alicyclic amines) is 1. The molecular formula is C20H24N4O3. The van der Waals surface area contributed by atoms with E-state index in [0.717, 1.165) is 29.8 Å². The lowest BCUT2D eigenvalue weighted by Gasteiger charge is -2.38. The molecule has 1 spiro atoms. The summed E-state index contributed by atoms with van der Waals surface area (Å²) >= 11 is 0. The molecule has 142 valence electrons. The lowest BCUT2D eigenvalue weighted by Crippen LogP contribution is -2.47. The van der Waals surface area contributed by atoms with E-state index >= 15 is 0 Å². The summed E-state index contributed by atoms with van der Waals surface area (Å²) in [5, 5.41) is 12.7. The Hall–Kier alpha value is -2.51. The lowest BCUT2D eigenvalue weighted by molar-refractivity contribution is -0.0365. The Morgan fingerprint density at radius 1 is 1.33 bits per heavy atom. The molecule has 2 aromatic rings. The largest absolute Gasteiger partial charge is 0.391 e. The quantitative estimate of drug-likeness (QED) is 0.851. The second kappa shape index (κ2) is 7.25. The average Bonchev–Trinajstić information content (AvgIpc) is 3.02. The van der Waals surface area contributed by atoms with Gasteiger partial charge in [0.15, 0.2) is 0 Å². The first kappa shape index (κ1) is 17.9. The summed E-state index contributed by atoms with van der Waals surface area (Å²) in [5.74, 6) is 0.712. The van der Waals surface area contributed by atoms with Crippen LogP contribution in [-0.2, 0) is 4.74 Å². The smallest absolute Gasteiger partial charge is 0.321 e. The zero-order valence-corrected chi connectivity index (χ0v) is 15.4. The van der Waals surface area contributed by atoms with Crippen LogP contribution in [-0.4, -0.2) is 57.4 Å². The van der Waals surface area contributed by atoms with E-state index in [9.17, 15) is 9.90 Å². The fourth-order valence-corrected chi connectivity index (χ4v) is 3.86. The molecule has 0 bridgehead atoms. The highest BCUT2D eigenvalue weighted by atomic mass is 16.5. The number of benzene rings is 1. The highest BCUT2D eigenvalue weighted by Gasteiger charge is 2.42. The molecule has 7 heteroatoms. The molecule has 0 radical (unpaired) electrons. The molecule has 2 fully saturated rings. The number of urea groups is 1. The number of nitrogens with zero attached hydrogens (tertiary/aromatic N) is 3. The van der Waals surface area contributed by atoms with Gasteiger partial charge >= 0.3 is 6.03 Å². The van der Waals surface area contributed by atoms with Gasteiger partial charge in [-0.05, 0) is 38.0 Å². The Kier molecular flexibility index (Phi) is 4.80. The number of anilines is 1. The van der Waals surface area contributed by atoms with Crippen LogP contribution in [0.25, 0.3) is 11.3 Å². The summed E-state index contributed by atoms with van der Waals surface area (Å²) < 4.78 is 5.79. The minimum Gasteiger partial charge on any atom is -0.391 e. The van der Waals surface area contributed by atoms with Crippen LogP contribution in [0.4, 0.5) is 10.5 Å². The number of rotatable bonds is 2. The number of aromatic nitrogens is 2. The molecule has 27 heavy (non-hydrogen) atoms. The van der Waals surface area contributed by atoms with Gasteiger partial charge in [-0.15, -0.1) is 0 Å². The van der Waals surface area contributed by atoms with Gasteiger partial charge in [-0.3, -0.25) is 0 Å². The Bertz CT molecular complexity index is 833. The lowest BCUT2D eigenvalue weighted by atomic mass is 9.88. The molecule has 0 saturated carbocycles. The summed E-state index contributed by atoms with van der Waals surface area (Å²) in [6, 6.07) is 9.40. The number of nitrogens with one attached hydrogen (secondary N) is 1. The molecular weight excluding hydrogens is 344 g/mol. The van der Waals surface area contributed by atoms with E-state index in [1.165, 1.54) is 0 Å². The maximum Gasteiger partial charge on any atom is 0.321 e. The maximum atomic E-state index is 12.6. The van der Waals surface area contributed by atoms with Gasteiger partial charge < -0.3 is 20.1 Å². The zero-order chi connectivity index (χ0) is 18.9. The Labute approximate surface area is 158 Å². The van der Waals surface area contributed by atoms with Crippen molar-refractivity contribution < 1.29 is 14.6 Å². The number of hydrogen-bond donors (Lipinski definition) is 2. The predicted octanol–water partition coefficient (Wildman–Crippen LogP) is 2.60. The molecule has 2 amide bonds. The van der Waals surface area contributed by atoms with Crippen molar-refractivity contribution in [2.45, 2.75) is 37.9 Å². The molecule has 1 aromatic carbocycles. The number of piperidine rings is 1. The minimum atomic E-state index is -0.376. The fraction of sp³-hybridized carbons (Fsp3) is 0.450. The van der Waals surface area contributed by atoms with Crippen molar-refractivity contribution in [1.29, 1.82) is 0 Å². The highest BCUT2D eigenvalue weighted by Crippen LogP contribution is 2.36. The van der Waals surface area contributed by atoms with Gasteiger partial charge in [-0.2, -0.15) is 0 Å². The molecule has 1 atom stereocenters. The Morgan fingerprint density at radius 2 is 2.15 bits per heavy atom. The van der Waals surface area contributed by atoms with Gasteiger partial charge in [0.2, 0.25) is 0 Å². The number of aliphatic hydroxyl groups excluding tert-OH is 1. The van der Waals surface area contributed by atoms with E-state index in [2.05, 4.69) is 15.3 Å². The average molecular weight is 368 g/mol. The van der Waals surface area contributed by atoms with Crippen molar-refractivity contribution in [3.63, 3.8) is 0 Å². The van der Waals surface area contributed by atoms with Crippen molar-refractivity contribution in [1.82, 2.24) is 14.9 Å². The summed E-state index contributed by atoms with van der Waals surface area (Å²) in [6.45, 7) is 3.51. The standard InChI is InChI=1S/C20H24N4O3/c1-14-21-8-5-18(22-14)15-3-2-4-16(11-15)23-19(26)24-9-6-20(7-10-24)12-17(25)13-27-20/h2-5,8,11,17,25H,6-7,9-10,12-13H2,1H3,(H,23,26)/t17-/m0/s1. The Morgan fingerprint density at radius 3 is 2.85 bits per heavy atom. The second-order valence-corrected chi connectivity index (χ2v) is 7.34. The summed E-state index contributed by atoms with van der Waals surface area (Å²) in [7, 11) is 0. The van der Waals surface area contributed by atoms with Gasteiger partial charge in [0, 0.05) is 37.0 Å². The van der Waals surface area contributed by atoms with Crippen LogP contribution in [0.5, 0.6) is 0 Å². The van der Waals surface area contributed by atoms with Crippen molar-refractivity contribution in [2.75, 3.05) is 25.0 Å². The SMILES string of the molecule is Cc1nccc(-c2cccc(NC(=O)N3CCC4(CC3)C[C@H](O)CO4)c2)n1. The normalized spacial score (nSPS) is 21.4. The van der Waals surface area contributed by atoms with Gasteiger partial charge in [0.1, 0.15) is 5.82 Å². The number of carbonyl (C=O) groups excluding carboxylic acids is 1. The van der Waals surface area contributed by atoms with E-state index in [1.807, 2.05) is 37.3 Å². The first-order valence-electron chi connectivity index (χ1n) is 9.31. The predicted molar refractivity (Wildman–Crippen MR) is 101 cm³/mol. The Balaban J connectivity index is 1.40. The first-order valence-corrected chi connectivity index (χ1v) is 9.31. The molecule has 3 heterocycles. The zero-order valence-electron chi connectivity index (χ0n) is 15.4. The van der Waals surface area contributed by atoms with E-state index < -0.39 is 0 Å². The van der Waals surface area contributed by atoms with E-state index in [4.69, 9.17) is 4.74 Å². The molecule has 1 aromatic heterocycles. The van der Waals surface area contributed by atoms with Crippen LogP contribution in [0.3, 0.4) is 0 Å². The molecule has 7 nitrogen and oxygen atoms in total. The van der Waals surface area contributed by atoms with Crippen LogP contribution < -0.4 is 5.32 Å². The van der Waals surface area contributed by atoms with Crippen molar-refractivity contribution in [3.8, 4) is 11.3 Å². The van der Waals surface area contributed by atoms with E-state index in [0.29, 0.717) is 31.9 Å². The van der Waals surface area contributed by atoms with Gasteiger partial charge in [-0.25, -0.2) is 14.8 Å². The van der Waals surface area contributed by atoms with Crippen LogP contribution in [0, 0.1) is 6.92 Å². The van der Waals surface area contributed by atoms with E-state index in [1.54, 1.807) is 11.1 Å². The summed E-state index contributed by atoms with van der Waals surface area (Å²) in [5.41, 5.74) is 2.25. The van der Waals surface area contributed by atoms with Gasteiger partial charge in [-0.1, -0.05) is 12.1 Å². The number of aryl methyl sites for hydroxylation is 1. The van der Waals surface area contributed by atoms with Crippen LogP contribution in [0.1, 0.15) is 25.1 Å². The van der Waals surface area contributed by atoms with Crippen molar-refractivity contribution >= 4 is 11.7 Å². The van der Waals surface area contributed by atoms with Crippen molar-refractivity contribution in [3.05, 3.63) is 42.4 Å². The molecule has 2 saturated heterocycles. The fourth-order valence-electron chi connectivity index (χ4n) is 3.86. The van der Waals surface area contributed by atoms with Crippen LogP contribution in [0.15, 0.2) is 36.5 Å². The highest BCUT2D eigenvalue weighted by molar-refractivity contribution is 5.90. The number of carbonyl (C=O) groups is 1. The molecule has 0 unspecified atom stereocenters. The number of amides is 2. The maximum absolute atomic E-state index is 12.6. The second-order valence-electron chi connectivity index (χ2n) is 7.34. The number of hydrogen-bond acceptors (Lipinski definition) is 5. The summed E-state index contributed by atoms with van der Waals surface area (Å²) in [6.07, 6.45) is 3.55. The summed E-state index contributed by atoms with van der Waals surface area (Å²) in [4.78, 5) is 23.0. The molecule has 0 aliphatic carbocycles. The topological polar surface area (TPSA) is 87.6 Å². The van der Waals surface area contributed by atoms with Crippen molar-refractivity contribution in [2.24, 2.45) is 0 Å². The molecule has 4 rings (SSSR count). The third-order valence-corrected chi connectivity index (χ3v) is 5.34. The van der Waals surface area contributed by atoms with Gasteiger partial charge in [0.25, 0.3) is 0 Å². The van der Waals surface area contributed by atoms with Crippen LogP contribution in [0.2, 0.25) is 0 Å². The molecule has 2 aliphatic rings. The monoisotopic (exact) mass is 368 g/mol. The number of ether oxygens (including phenoxy) is 1. The third kappa shape index (κ3) is 3.94.